The molecule has 0 aliphatic rings. The van der Waals surface area contributed by atoms with Gasteiger partial charge in [0.2, 0.25) is 0 Å². The van der Waals surface area contributed by atoms with Crippen molar-refractivity contribution in [2.45, 2.75) is 13.8 Å². The number of primary amides is 1. The van der Waals surface area contributed by atoms with E-state index in [9.17, 15) is 14.4 Å². The summed E-state index contributed by atoms with van der Waals surface area (Å²) in [5.41, 5.74) is 8.79. The number of rotatable bonds is 6. The second kappa shape index (κ2) is 8.00. The standard InChI is InChI=1S/C21H18N6O3S/c1-11-17(12(2)27(26-11)14-6-4-3-5-7-14)18(28)20(30)25-21-24-16(10-31-21)13-8-15(19(22)29)23-9-13/h3-10,23H,1-2H3,(H2,22,29)(H,24,25,30). The van der Waals surface area contributed by atoms with Crippen molar-refractivity contribution >= 4 is 34.1 Å². The summed E-state index contributed by atoms with van der Waals surface area (Å²) < 4.78 is 1.64. The molecule has 0 fully saturated rings. The molecule has 4 rings (SSSR count). The monoisotopic (exact) mass is 434 g/mol. The molecule has 10 heteroatoms. The number of anilines is 1. The molecular formula is C21H18N6O3S. The molecule has 3 aromatic heterocycles. The van der Waals surface area contributed by atoms with Crippen molar-refractivity contribution in [1.29, 1.82) is 0 Å². The Balaban J connectivity index is 1.53. The van der Waals surface area contributed by atoms with Gasteiger partial charge in [-0.05, 0) is 32.0 Å². The normalized spacial score (nSPS) is 10.8. The number of benzene rings is 1. The molecule has 0 aliphatic carbocycles. The minimum atomic E-state index is -0.799. The Bertz CT molecular complexity index is 1300. The summed E-state index contributed by atoms with van der Waals surface area (Å²) in [7, 11) is 0. The Morgan fingerprint density at radius 2 is 1.90 bits per heavy atom. The summed E-state index contributed by atoms with van der Waals surface area (Å²) >= 11 is 1.17. The number of hydrogen-bond donors (Lipinski definition) is 3. The van der Waals surface area contributed by atoms with Crippen molar-refractivity contribution < 1.29 is 14.4 Å². The quantitative estimate of drug-likeness (QED) is 0.317. The lowest BCUT2D eigenvalue weighted by atomic mass is 10.1. The minimum absolute atomic E-state index is 0.255. The number of nitrogens with zero attached hydrogens (tertiary/aromatic N) is 3. The van der Waals surface area contributed by atoms with Gasteiger partial charge in [-0.1, -0.05) is 18.2 Å². The number of carbonyl (C=O) groups excluding carboxylic acids is 3. The maximum absolute atomic E-state index is 12.8. The first-order chi connectivity index (χ1) is 14.8. The van der Waals surface area contributed by atoms with Crippen molar-refractivity contribution in [3.63, 3.8) is 0 Å². The smallest absolute Gasteiger partial charge is 0.298 e. The fourth-order valence-corrected chi connectivity index (χ4v) is 3.92. The number of carbonyl (C=O) groups is 3. The second-order valence-electron chi connectivity index (χ2n) is 6.78. The Morgan fingerprint density at radius 1 is 1.16 bits per heavy atom. The van der Waals surface area contributed by atoms with Gasteiger partial charge in [-0.2, -0.15) is 5.10 Å². The van der Waals surface area contributed by atoms with Crippen LogP contribution in [0.3, 0.4) is 0 Å². The van der Waals surface area contributed by atoms with Gasteiger partial charge in [-0.3, -0.25) is 19.7 Å². The summed E-state index contributed by atoms with van der Waals surface area (Å²) in [5, 5.41) is 8.93. The summed E-state index contributed by atoms with van der Waals surface area (Å²) in [4.78, 5) is 43.7. The number of nitrogens with one attached hydrogen (secondary N) is 2. The predicted molar refractivity (Wildman–Crippen MR) is 116 cm³/mol. The molecule has 2 amide bonds. The van der Waals surface area contributed by atoms with Crippen molar-refractivity contribution in [1.82, 2.24) is 19.7 Å². The summed E-state index contributed by atoms with van der Waals surface area (Å²) in [5.74, 6) is -2.07. The average Bonchev–Trinajstić information content (AvgIpc) is 3.47. The first kappa shape index (κ1) is 20.2. The van der Waals surface area contributed by atoms with Gasteiger partial charge < -0.3 is 10.7 Å². The molecule has 9 nitrogen and oxygen atoms in total. The van der Waals surface area contributed by atoms with Crippen LogP contribution in [0.15, 0.2) is 48.0 Å². The number of aryl methyl sites for hydroxylation is 1. The zero-order chi connectivity index (χ0) is 22.1. The number of para-hydroxylation sites is 1. The van der Waals surface area contributed by atoms with Crippen molar-refractivity contribution in [2.75, 3.05) is 5.32 Å². The fraction of sp³-hybridized carbons (Fsp3) is 0.0952. The van der Waals surface area contributed by atoms with E-state index in [1.165, 1.54) is 11.3 Å². The number of Topliss-reactive ketones (excluding diaryl/α,β-unsaturated/α-hetero) is 1. The fourth-order valence-electron chi connectivity index (χ4n) is 3.21. The third kappa shape index (κ3) is 3.88. The van der Waals surface area contributed by atoms with E-state index in [1.54, 1.807) is 36.2 Å². The molecule has 0 saturated heterocycles. The minimum Gasteiger partial charge on any atom is -0.364 e. The average molecular weight is 434 g/mol. The molecule has 3 heterocycles. The Kier molecular flexibility index (Phi) is 5.22. The van der Waals surface area contributed by atoms with E-state index in [-0.39, 0.29) is 16.4 Å². The zero-order valence-electron chi connectivity index (χ0n) is 16.7. The van der Waals surface area contributed by atoms with Gasteiger partial charge in [0.25, 0.3) is 17.6 Å². The lowest BCUT2D eigenvalue weighted by molar-refractivity contribution is -0.112. The number of thiazole rings is 1. The summed E-state index contributed by atoms with van der Waals surface area (Å²) in [6.07, 6.45) is 1.59. The highest BCUT2D eigenvalue weighted by Gasteiger charge is 2.26. The largest absolute Gasteiger partial charge is 0.364 e. The van der Waals surface area contributed by atoms with Crippen LogP contribution in [0.1, 0.15) is 32.2 Å². The van der Waals surface area contributed by atoms with E-state index in [2.05, 4.69) is 20.4 Å². The number of H-pyrrole nitrogens is 1. The zero-order valence-corrected chi connectivity index (χ0v) is 17.5. The molecule has 4 N–H and O–H groups in total. The number of aromatic nitrogens is 4. The van der Waals surface area contributed by atoms with E-state index in [1.807, 2.05) is 30.3 Å². The van der Waals surface area contributed by atoms with Crippen LogP contribution >= 0.6 is 11.3 Å². The van der Waals surface area contributed by atoms with E-state index in [0.29, 0.717) is 22.6 Å². The van der Waals surface area contributed by atoms with Gasteiger partial charge in [0, 0.05) is 17.1 Å². The highest BCUT2D eigenvalue weighted by atomic mass is 32.1. The second-order valence-corrected chi connectivity index (χ2v) is 7.64. The lowest BCUT2D eigenvalue weighted by Crippen LogP contribution is -2.24. The molecule has 0 unspecified atom stereocenters. The molecule has 0 atom stereocenters. The Labute approximate surface area is 180 Å². The van der Waals surface area contributed by atoms with Crippen molar-refractivity contribution in [3.8, 4) is 16.9 Å². The maximum Gasteiger partial charge on any atom is 0.298 e. The van der Waals surface area contributed by atoms with Crippen LogP contribution in [0, 0.1) is 13.8 Å². The number of nitrogens with two attached hydrogens (primary N) is 1. The number of hydrogen-bond acceptors (Lipinski definition) is 6. The maximum atomic E-state index is 12.8. The highest BCUT2D eigenvalue weighted by molar-refractivity contribution is 7.14. The van der Waals surface area contributed by atoms with Gasteiger partial charge in [0.05, 0.1) is 28.3 Å². The molecule has 0 aliphatic heterocycles. The molecule has 156 valence electrons. The van der Waals surface area contributed by atoms with Crippen LogP contribution in [0.25, 0.3) is 16.9 Å². The molecular weight excluding hydrogens is 416 g/mol. The predicted octanol–water partition coefficient (Wildman–Crippen LogP) is 2.86. The molecule has 0 spiro atoms. The van der Waals surface area contributed by atoms with Crippen LogP contribution in [-0.2, 0) is 4.79 Å². The van der Waals surface area contributed by atoms with Crippen LogP contribution in [0.5, 0.6) is 0 Å². The molecule has 31 heavy (non-hydrogen) atoms. The van der Waals surface area contributed by atoms with Gasteiger partial charge in [0.1, 0.15) is 5.69 Å². The van der Waals surface area contributed by atoms with Crippen LogP contribution in [-0.4, -0.2) is 37.3 Å². The van der Waals surface area contributed by atoms with Crippen LogP contribution in [0.4, 0.5) is 5.13 Å². The van der Waals surface area contributed by atoms with Crippen LogP contribution in [0.2, 0.25) is 0 Å². The summed E-state index contributed by atoms with van der Waals surface area (Å²) in [6.45, 7) is 3.44. The van der Waals surface area contributed by atoms with Gasteiger partial charge in [-0.25, -0.2) is 9.67 Å². The highest BCUT2D eigenvalue weighted by Crippen LogP contribution is 2.26. The van der Waals surface area contributed by atoms with Gasteiger partial charge >= 0.3 is 0 Å². The van der Waals surface area contributed by atoms with E-state index >= 15 is 0 Å². The Hall–Kier alpha value is -4.05. The lowest BCUT2D eigenvalue weighted by Gasteiger charge is -2.05. The van der Waals surface area contributed by atoms with Crippen molar-refractivity contribution in [3.05, 3.63) is 70.6 Å². The van der Waals surface area contributed by atoms with Crippen molar-refractivity contribution in [2.24, 2.45) is 5.73 Å². The Morgan fingerprint density at radius 3 is 2.58 bits per heavy atom. The first-order valence-electron chi connectivity index (χ1n) is 9.26. The van der Waals surface area contributed by atoms with E-state index in [4.69, 9.17) is 5.73 Å². The van der Waals surface area contributed by atoms with Gasteiger partial charge in [0.15, 0.2) is 5.13 Å². The van der Waals surface area contributed by atoms with E-state index in [0.717, 1.165) is 5.69 Å². The number of amides is 2. The third-order valence-corrected chi connectivity index (χ3v) is 5.45. The number of ketones is 1. The van der Waals surface area contributed by atoms with Gasteiger partial charge in [-0.15, -0.1) is 11.3 Å². The molecule has 4 aromatic rings. The molecule has 0 radical (unpaired) electrons. The van der Waals surface area contributed by atoms with E-state index < -0.39 is 17.6 Å². The third-order valence-electron chi connectivity index (χ3n) is 4.69. The SMILES string of the molecule is Cc1nn(-c2ccccc2)c(C)c1C(=O)C(=O)Nc1nc(-c2c[nH]c(C(N)=O)c2)cs1. The summed E-state index contributed by atoms with van der Waals surface area (Å²) in [6, 6.07) is 10.9. The first-order valence-corrected chi connectivity index (χ1v) is 10.1. The molecule has 0 saturated carbocycles. The molecule has 0 bridgehead atoms. The van der Waals surface area contributed by atoms with Crippen LogP contribution < -0.4 is 11.1 Å². The number of aromatic amines is 1. The topological polar surface area (TPSA) is 136 Å². The molecule has 1 aromatic carbocycles.